The van der Waals surface area contributed by atoms with Gasteiger partial charge in [-0.1, -0.05) is 23.4 Å². The molecule has 0 unspecified atom stereocenters. The van der Waals surface area contributed by atoms with Crippen molar-refractivity contribution in [3.05, 3.63) is 28.5 Å². The second-order valence-electron chi connectivity index (χ2n) is 3.59. The predicted molar refractivity (Wildman–Crippen MR) is 70.8 cm³/mol. The van der Waals surface area contributed by atoms with Crippen LogP contribution in [0.15, 0.2) is 12.3 Å². The number of ether oxygens (including phenoxy) is 1. The first-order valence-corrected chi connectivity index (χ1v) is 5.89. The van der Waals surface area contributed by atoms with Crippen LogP contribution in [0.4, 0.5) is 0 Å². The first-order valence-electron chi connectivity index (χ1n) is 5.51. The van der Waals surface area contributed by atoms with Crippen molar-refractivity contribution >= 4 is 23.5 Å². The van der Waals surface area contributed by atoms with Crippen LogP contribution in [0.3, 0.4) is 0 Å². The van der Waals surface area contributed by atoms with Gasteiger partial charge in [-0.3, -0.25) is 4.79 Å². The highest BCUT2D eigenvalue weighted by molar-refractivity contribution is 6.30. The van der Waals surface area contributed by atoms with Crippen LogP contribution in [-0.4, -0.2) is 30.5 Å². The van der Waals surface area contributed by atoms with Crippen LogP contribution < -0.4 is 5.32 Å². The molecule has 1 N–H and O–H groups in total. The van der Waals surface area contributed by atoms with Crippen molar-refractivity contribution < 1.29 is 14.3 Å². The van der Waals surface area contributed by atoms with E-state index in [0.29, 0.717) is 18.5 Å². The smallest absolute Gasteiger partial charge is 0.339 e. The number of carbonyl (C=O) groups is 2. The number of amides is 1. The topological polar surface area (TPSA) is 68.3 Å². The fraction of sp³-hybridized carbons (Fsp3) is 0.308. The maximum Gasteiger partial charge on any atom is 0.339 e. The first-order chi connectivity index (χ1) is 9.04. The Kier molecular flexibility index (Phi) is 5.83. The van der Waals surface area contributed by atoms with E-state index in [1.54, 1.807) is 0 Å². The summed E-state index contributed by atoms with van der Waals surface area (Å²) in [6.45, 7) is 1.90. The van der Waals surface area contributed by atoms with Crippen LogP contribution in [0, 0.1) is 11.8 Å². The molecular formula is C13H13ClN2O3. The number of esters is 1. The Balaban J connectivity index is 2.74. The third-order valence-electron chi connectivity index (χ3n) is 2.11. The van der Waals surface area contributed by atoms with Gasteiger partial charge in [0.05, 0.1) is 18.2 Å². The zero-order valence-corrected chi connectivity index (χ0v) is 11.4. The molecule has 1 amide bonds. The second kappa shape index (κ2) is 7.39. The standard InChI is InChI=1S/C13H13ClN2O3/c1-9(17)15-6-4-3-5-10-7-11(13(18)19-2)8-16-12(10)14/h7-8H,4,6H2,1-2H3,(H,15,17). The van der Waals surface area contributed by atoms with E-state index in [1.165, 1.54) is 26.3 Å². The quantitative estimate of drug-likeness (QED) is 0.393. The summed E-state index contributed by atoms with van der Waals surface area (Å²) in [5.74, 6) is 5.05. The third-order valence-corrected chi connectivity index (χ3v) is 2.41. The van der Waals surface area contributed by atoms with Crippen molar-refractivity contribution in [1.82, 2.24) is 10.3 Å². The summed E-state index contributed by atoms with van der Waals surface area (Å²) < 4.78 is 4.58. The normalized spacial score (nSPS) is 9.21. The number of carbonyl (C=O) groups excluding carboxylic acids is 2. The van der Waals surface area contributed by atoms with Gasteiger partial charge in [0, 0.05) is 26.1 Å². The van der Waals surface area contributed by atoms with Crippen molar-refractivity contribution in [3.8, 4) is 11.8 Å². The number of aromatic nitrogens is 1. The highest BCUT2D eigenvalue weighted by atomic mass is 35.5. The molecule has 5 nitrogen and oxygen atoms in total. The van der Waals surface area contributed by atoms with E-state index in [-0.39, 0.29) is 16.6 Å². The van der Waals surface area contributed by atoms with Gasteiger partial charge in [0.2, 0.25) is 5.91 Å². The average molecular weight is 281 g/mol. The lowest BCUT2D eigenvalue weighted by Gasteiger charge is -2.00. The lowest BCUT2D eigenvalue weighted by Crippen LogP contribution is -2.20. The molecule has 100 valence electrons. The van der Waals surface area contributed by atoms with Crippen molar-refractivity contribution in [2.24, 2.45) is 0 Å². The van der Waals surface area contributed by atoms with E-state index >= 15 is 0 Å². The Morgan fingerprint density at radius 1 is 1.53 bits per heavy atom. The molecule has 0 aliphatic rings. The molecular weight excluding hydrogens is 268 g/mol. The summed E-state index contributed by atoms with van der Waals surface area (Å²) >= 11 is 5.87. The van der Waals surface area contributed by atoms with E-state index in [1.807, 2.05) is 0 Å². The molecule has 0 aliphatic carbocycles. The largest absolute Gasteiger partial charge is 0.465 e. The molecule has 0 aliphatic heterocycles. The molecule has 19 heavy (non-hydrogen) atoms. The van der Waals surface area contributed by atoms with E-state index in [0.717, 1.165) is 0 Å². The van der Waals surface area contributed by atoms with Crippen LogP contribution in [0.25, 0.3) is 0 Å². The minimum absolute atomic E-state index is 0.103. The minimum atomic E-state index is -0.495. The third kappa shape index (κ3) is 4.98. The Bertz CT molecular complexity index is 547. The summed E-state index contributed by atoms with van der Waals surface area (Å²) in [7, 11) is 1.29. The summed E-state index contributed by atoms with van der Waals surface area (Å²) in [5, 5.41) is 2.84. The Morgan fingerprint density at radius 2 is 2.26 bits per heavy atom. The van der Waals surface area contributed by atoms with Crippen LogP contribution in [0.2, 0.25) is 5.15 Å². The van der Waals surface area contributed by atoms with Gasteiger partial charge in [-0.2, -0.15) is 0 Å². The van der Waals surface area contributed by atoms with E-state index in [9.17, 15) is 9.59 Å². The summed E-state index contributed by atoms with van der Waals surface area (Å²) in [6.07, 6.45) is 1.81. The van der Waals surface area contributed by atoms with Crippen molar-refractivity contribution in [3.63, 3.8) is 0 Å². The van der Waals surface area contributed by atoms with E-state index < -0.39 is 5.97 Å². The van der Waals surface area contributed by atoms with Gasteiger partial charge in [0.1, 0.15) is 5.15 Å². The van der Waals surface area contributed by atoms with Gasteiger partial charge < -0.3 is 10.1 Å². The molecule has 0 saturated heterocycles. The number of rotatable bonds is 3. The summed E-state index contributed by atoms with van der Waals surface area (Å²) in [6, 6.07) is 1.52. The SMILES string of the molecule is COC(=O)c1cnc(Cl)c(C#CCCNC(C)=O)c1. The van der Waals surface area contributed by atoms with Gasteiger partial charge in [-0.15, -0.1) is 0 Å². The first kappa shape index (κ1) is 15.0. The predicted octanol–water partition coefficient (Wildman–Crippen LogP) is 1.40. The van der Waals surface area contributed by atoms with E-state index in [2.05, 4.69) is 26.9 Å². The maximum atomic E-state index is 11.3. The van der Waals surface area contributed by atoms with Gasteiger partial charge in [-0.25, -0.2) is 9.78 Å². The molecule has 6 heteroatoms. The summed E-state index contributed by atoms with van der Waals surface area (Å²) in [5.41, 5.74) is 0.741. The van der Waals surface area contributed by atoms with Crippen molar-refractivity contribution in [2.75, 3.05) is 13.7 Å². The number of hydrogen-bond acceptors (Lipinski definition) is 4. The number of nitrogens with one attached hydrogen (secondary N) is 1. The number of hydrogen-bond donors (Lipinski definition) is 1. The zero-order chi connectivity index (χ0) is 14.3. The molecule has 0 atom stereocenters. The molecule has 0 spiro atoms. The van der Waals surface area contributed by atoms with Gasteiger partial charge in [0.25, 0.3) is 0 Å². The highest BCUT2D eigenvalue weighted by Gasteiger charge is 2.08. The van der Waals surface area contributed by atoms with E-state index in [4.69, 9.17) is 11.6 Å². The fourth-order valence-electron chi connectivity index (χ4n) is 1.22. The fourth-order valence-corrected chi connectivity index (χ4v) is 1.37. The van der Waals surface area contributed by atoms with Crippen LogP contribution in [0.1, 0.15) is 29.3 Å². The van der Waals surface area contributed by atoms with Gasteiger partial charge in [0.15, 0.2) is 0 Å². The van der Waals surface area contributed by atoms with Crippen molar-refractivity contribution in [2.45, 2.75) is 13.3 Å². The molecule has 1 heterocycles. The zero-order valence-electron chi connectivity index (χ0n) is 10.6. The maximum absolute atomic E-state index is 11.3. The molecule has 1 rings (SSSR count). The average Bonchev–Trinajstić information content (AvgIpc) is 2.39. The summed E-state index contributed by atoms with van der Waals surface area (Å²) in [4.78, 5) is 25.8. The monoisotopic (exact) mass is 280 g/mol. The van der Waals surface area contributed by atoms with Gasteiger partial charge in [-0.05, 0) is 6.07 Å². The number of nitrogens with zero attached hydrogens (tertiary/aromatic N) is 1. The Morgan fingerprint density at radius 3 is 2.89 bits per heavy atom. The number of halogens is 1. The molecule has 0 bridgehead atoms. The number of methoxy groups -OCH3 is 1. The molecule has 1 aromatic rings. The molecule has 1 aromatic heterocycles. The molecule has 0 saturated carbocycles. The highest BCUT2D eigenvalue weighted by Crippen LogP contribution is 2.13. The van der Waals surface area contributed by atoms with Gasteiger partial charge >= 0.3 is 5.97 Å². The minimum Gasteiger partial charge on any atom is -0.465 e. The second-order valence-corrected chi connectivity index (χ2v) is 3.95. The molecule has 0 fully saturated rings. The Labute approximate surface area is 116 Å². The lowest BCUT2D eigenvalue weighted by atomic mass is 10.2. The molecule has 0 aromatic carbocycles. The number of pyridine rings is 1. The Hall–Kier alpha value is -2.06. The van der Waals surface area contributed by atoms with Crippen LogP contribution in [-0.2, 0) is 9.53 Å². The molecule has 0 radical (unpaired) electrons. The van der Waals surface area contributed by atoms with Crippen LogP contribution >= 0.6 is 11.6 Å². The van der Waals surface area contributed by atoms with Crippen LogP contribution in [0.5, 0.6) is 0 Å². The lowest BCUT2D eigenvalue weighted by molar-refractivity contribution is -0.118. The van der Waals surface area contributed by atoms with Crippen molar-refractivity contribution in [1.29, 1.82) is 0 Å².